The van der Waals surface area contributed by atoms with E-state index in [9.17, 15) is 28.0 Å². The van der Waals surface area contributed by atoms with Crippen LogP contribution in [0.25, 0.3) is 10.8 Å². The second-order valence-electron chi connectivity index (χ2n) is 5.85. The van der Waals surface area contributed by atoms with E-state index in [1.165, 1.54) is 13.0 Å². The molecule has 0 aliphatic heterocycles. The molecule has 11 heteroatoms. The van der Waals surface area contributed by atoms with Crippen molar-refractivity contribution in [3.8, 4) is 5.75 Å². The molecule has 0 spiro atoms. The van der Waals surface area contributed by atoms with Gasteiger partial charge in [0.25, 0.3) is 0 Å². The minimum atomic E-state index is -4.89. The van der Waals surface area contributed by atoms with Crippen LogP contribution >= 0.6 is 11.6 Å². The molecule has 0 atom stereocenters. The first kappa shape index (κ1) is 23.5. The number of benzene rings is 3. The van der Waals surface area contributed by atoms with Crippen molar-refractivity contribution in [1.29, 1.82) is 0 Å². The zero-order valence-corrected chi connectivity index (χ0v) is 18.7. The number of hydrogen-bond donors (Lipinski definition) is 1. The molecule has 8 nitrogen and oxygen atoms in total. The van der Waals surface area contributed by atoms with Gasteiger partial charge >= 0.3 is 43.7 Å². The van der Waals surface area contributed by atoms with Gasteiger partial charge < -0.3 is 14.8 Å². The van der Waals surface area contributed by atoms with Gasteiger partial charge in [0.15, 0.2) is 0 Å². The van der Waals surface area contributed by atoms with Crippen LogP contribution in [-0.4, -0.2) is 61.8 Å². The number of nitrogens with zero attached hydrogens (tertiary/aromatic N) is 2. The monoisotopic (exact) mass is 458 g/mol. The summed E-state index contributed by atoms with van der Waals surface area (Å²) in [6.45, 7) is 1.51. The van der Waals surface area contributed by atoms with Crippen molar-refractivity contribution >= 4 is 87.6 Å². The van der Waals surface area contributed by atoms with Crippen LogP contribution in [0.4, 0.5) is 11.4 Å². The SMILES string of the molecule is Cc1cc(S(=O)(=O)[O-])c(/N=N/c2c([O-])c(C(=O)O)cc3ccccc23)cc1Cl.[Ca+2]. The van der Waals surface area contributed by atoms with E-state index in [1.54, 1.807) is 24.3 Å². The molecule has 0 saturated heterocycles. The molecule has 0 aromatic heterocycles. The molecule has 3 aromatic rings. The molecule has 1 N–H and O–H groups in total. The Morgan fingerprint density at radius 3 is 2.41 bits per heavy atom. The minimum absolute atomic E-state index is 0. The molecule has 0 heterocycles. The summed E-state index contributed by atoms with van der Waals surface area (Å²) >= 11 is 5.97. The van der Waals surface area contributed by atoms with Gasteiger partial charge in [0.1, 0.15) is 15.8 Å². The standard InChI is InChI=1S/C18H13ClN2O6S.Ca/c1-9-6-15(28(25,26)27)14(8-13(9)19)20-21-16-11-5-3-2-4-10(11)7-12(17(16)22)18(23)24;/h2-8,22H,1H3,(H,23,24)(H,25,26,27);/q;+2/p-2/b21-20+;. The molecule has 0 bridgehead atoms. The van der Waals surface area contributed by atoms with E-state index in [1.807, 2.05) is 0 Å². The van der Waals surface area contributed by atoms with E-state index in [0.717, 1.165) is 12.1 Å². The van der Waals surface area contributed by atoms with Crippen molar-refractivity contribution in [2.45, 2.75) is 11.8 Å². The van der Waals surface area contributed by atoms with Gasteiger partial charge in [-0.05, 0) is 36.1 Å². The van der Waals surface area contributed by atoms with Crippen LogP contribution < -0.4 is 5.11 Å². The topological polar surface area (TPSA) is 142 Å². The first-order valence-corrected chi connectivity index (χ1v) is 9.52. The summed E-state index contributed by atoms with van der Waals surface area (Å²) in [5.74, 6) is -2.33. The van der Waals surface area contributed by atoms with Crippen molar-refractivity contribution in [3.05, 3.63) is 58.6 Å². The van der Waals surface area contributed by atoms with Crippen LogP contribution in [0.1, 0.15) is 15.9 Å². The minimum Gasteiger partial charge on any atom is -0.870 e. The molecule has 3 aromatic carbocycles. The molecular weight excluding hydrogens is 448 g/mol. The summed E-state index contributed by atoms with van der Waals surface area (Å²) in [5.41, 5.74) is -0.805. The Kier molecular flexibility index (Phi) is 7.26. The van der Waals surface area contributed by atoms with E-state index in [2.05, 4.69) is 10.2 Å². The Balaban J connectivity index is 0.00000300. The van der Waals surface area contributed by atoms with Gasteiger partial charge in [0, 0.05) is 10.4 Å². The average molecular weight is 459 g/mol. The largest absolute Gasteiger partial charge is 2.00 e. The van der Waals surface area contributed by atoms with Crippen LogP contribution in [0.3, 0.4) is 0 Å². The summed E-state index contributed by atoms with van der Waals surface area (Å²) in [6.07, 6.45) is 0. The Morgan fingerprint density at radius 1 is 1.14 bits per heavy atom. The number of fused-ring (bicyclic) bond motifs is 1. The number of carboxylic acids is 1. The predicted octanol–water partition coefficient (Wildman–Crippen LogP) is 3.51. The number of azo groups is 1. The fraction of sp³-hybridized carbons (Fsp3) is 0.0556. The van der Waals surface area contributed by atoms with Crippen LogP contribution in [0.2, 0.25) is 5.02 Å². The van der Waals surface area contributed by atoms with Crippen LogP contribution in [0.5, 0.6) is 5.75 Å². The number of carbonyl (C=O) groups is 1. The zero-order chi connectivity index (χ0) is 20.6. The van der Waals surface area contributed by atoms with E-state index in [-0.39, 0.29) is 54.1 Å². The van der Waals surface area contributed by atoms with Gasteiger partial charge in [-0.25, -0.2) is 13.2 Å². The summed E-state index contributed by atoms with van der Waals surface area (Å²) in [6, 6.07) is 9.83. The molecule has 0 radical (unpaired) electrons. The average Bonchev–Trinajstić information content (AvgIpc) is 2.61. The van der Waals surface area contributed by atoms with E-state index in [4.69, 9.17) is 11.6 Å². The normalized spacial score (nSPS) is 11.6. The van der Waals surface area contributed by atoms with E-state index < -0.39 is 32.3 Å². The number of rotatable bonds is 4. The number of aryl methyl sites for hydroxylation is 1. The maximum Gasteiger partial charge on any atom is 2.00 e. The second-order valence-corrected chi connectivity index (χ2v) is 7.61. The van der Waals surface area contributed by atoms with Crippen LogP contribution in [0, 0.1) is 6.92 Å². The van der Waals surface area contributed by atoms with Gasteiger partial charge in [0.2, 0.25) is 0 Å². The van der Waals surface area contributed by atoms with Gasteiger partial charge in [-0.1, -0.05) is 41.6 Å². The van der Waals surface area contributed by atoms with Gasteiger partial charge in [0.05, 0.1) is 16.1 Å². The van der Waals surface area contributed by atoms with Gasteiger partial charge in [-0.15, -0.1) is 5.11 Å². The molecule has 0 saturated carbocycles. The fourth-order valence-corrected chi connectivity index (χ4v) is 3.43. The Labute approximate surface area is 200 Å². The molecular formula is C18H11CaClN2O6S. The summed E-state index contributed by atoms with van der Waals surface area (Å²) in [7, 11) is -4.89. The van der Waals surface area contributed by atoms with E-state index >= 15 is 0 Å². The zero-order valence-electron chi connectivity index (χ0n) is 14.9. The first-order valence-electron chi connectivity index (χ1n) is 7.73. The number of aromatic carboxylic acids is 1. The van der Waals surface area contributed by atoms with Crippen LogP contribution in [-0.2, 0) is 10.1 Å². The number of hydrogen-bond acceptors (Lipinski definition) is 7. The Morgan fingerprint density at radius 2 is 1.79 bits per heavy atom. The molecule has 144 valence electrons. The van der Waals surface area contributed by atoms with Gasteiger partial charge in [-0.2, -0.15) is 5.11 Å². The maximum atomic E-state index is 12.5. The quantitative estimate of drug-likeness (QED) is 0.360. The Hall–Kier alpha value is -1.75. The second kappa shape index (κ2) is 8.95. The van der Waals surface area contributed by atoms with Crippen molar-refractivity contribution in [2.24, 2.45) is 10.2 Å². The number of carboxylic acid groups (broad SMARTS) is 1. The van der Waals surface area contributed by atoms with Gasteiger partial charge in [-0.3, -0.25) is 0 Å². The molecule has 29 heavy (non-hydrogen) atoms. The third-order valence-electron chi connectivity index (χ3n) is 3.97. The third kappa shape index (κ3) is 4.88. The molecule has 0 fully saturated rings. The predicted molar refractivity (Wildman–Crippen MR) is 104 cm³/mol. The molecule has 0 aliphatic rings. The first-order chi connectivity index (χ1) is 13.1. The fourth-order valence-electron chi connectivity index (χ4n) is 2.59. The third-order valence-corrected chi connectivity index (χ3v) is 5.25. The summed E-state index contributed by atoms with van der Waals surface area (Å²) in [4.78, 5) is 10.7. The maximum absolute atomic E-state index is 12.5. The van der Waals surface area contributed by atoms with Crippen molar-refractivity contribution in [3.63, 3.8) is 0 Å². The summed E-state index contributed by atoms with van der Waals surface area (Å²) < 4.78 is 34.5. The van der Waals surface area contributed by atoms with Crippen molar-refractivity contribution in [2.75, 3.05) is 0 Å². The molecule has 0 aliphatic carbocycles. The van der Waals surface area contributed by atoms with Crippen molar-refractivity contribution < 1.29 is 28.0 Å². The van der Waals surface area contributed by atoms with E-state index in [0.29, 0.717) is 16.3 Å². The molecule has 0 unspecified atom stereocenters. The molecule has 0 amide bonds. The summed E-state index contributed by atoms with van der Waals surface area (Å²) in [5, 5.41) is 30.2. The smallest absolute Gasteiger partial charge is 0.870 e. The number of halogens is 1. The Bertz CT molecular complexity index is 1260. The van der Waals surface area contributed by atoms with Crippen LogP contribution in [0.15, 0.2) is 57.6 Å². The van der Waals surface area contributed by atoms with Crippen molar-refractivity contribution in [1.82, 2.24) is 0 Å². The molecule has 3 rings (SSSR count).